The third-order valence-corrected chi connectivity index (χ3v) is 3.64. The molecular formula is C13H23N3O. The number of hydrogen-bond donors (Lipinski definition) is 1. The summed E-state index contributed by atoms with van der Waals surface area (Å²) in [6, 6.07) is 2.20. The molecule has 0 saturated carbocycles. The van der Waals surface area contributed by atoms with Gasteiger partial charge in [0.05, 0.1) is 11.4 Å². The molecule has 1 aromatic rings. The third kappa shape index (κ3) is 3.07. The highest BCUT2D eigenvalue weighted by atomic mass is 16.3. The molecule has 1 N–H and O–H groups in total. The van der Waals surface area contributed by atoms with E-state index < -0.39 is 0 Å². The highest BCUT2D eigenvalue weighted by Crippen LogP contribution is 2.18. The lowest BCUT2D eigenvalue weighted by molar-refractivity contribution is 0.114. The molecule has 0 aliphatic carbocycles. The van der Waals surface area contributed by atoms with Crippen LogP contribution < -0.4 is 0 Å². The van der Waals surface area contributed by atoms with E-state index in [9.17, 15) is 5.11 Å². The van der Waals surface area contributed by atoms with Gasteiger partial charge in [0.15, 0.2) is 0 Å². The Kier molecular flexibility index (Phi) is 4.18. The molecule has 0 bridgehead atoms. The number of aryl methyl sites for hydroxylation is 2. The zero-order valence-electron chi connectivity index (χ0n) is 10.9. The number of aliphatic hydroxyl groups excluding tert-OH is 1. The Balaban J connectivity index is 1.97. The quantitative estimate of drug-likeness (QED) is 0.855. The average molecular weight is 237 g/mol. The molecule has 2 heterocycles. The fourth-order valence-corrected chi connectivity index (χ4v) is 2.57. The molecule has 1 aromatic heterocycles. The van der Waals surface area contributed by atoms with Crippen molar-refractivity contribution in [2.45, 2.75) is 32.7 Å². The summed E-state index contributed by atoms with van der Waals surface area (Å²) in [6.45, 7) is 5.57. The number of hydrogen-bond acceptors (Lipinski definition) is 3. The molecule has 1 saturated heterocycles. The number of rotatable bonds is 4. The van der Waals surface area contributed by atoms with Crippen molar-refractivity contribution < 1.29 is 5.11 Å². The lowest BCUT2D eigenvalue weighted by Gasteiger charge is -2.31. The molecular weight excluding hydrogens is 214 g/mol. The zero-order chi connectivity index (χ0) is 12.3. The Morgan fingerprint density at radius 3 is 3.00 bits per heavy atom. The van der Waals surface area contributed by atoms with Crippen LogP contribution in [0.5, 0.6) is 0 Å². The first-order valence-electron chi connectivity index (χ1n) is 6.58. The number of piperidine rings is 1. The highest BCUT2D eigenvalue weighted by Gasteiger charge is 2.20. The van der Waals surface area contributed by atoms with Gasteiger partial charge in [-0.15, -0.1) is 0 Å². The van der Waals surface area contributed by atoms with Gasteiger partial charge in [0, 0.05) is 26.7 Å². The van der Waals surface area contributed by atoms with Crippen molar-refractivity contribution in [1.82, 2.24) is 14.7 Å². The summed E-state index contributed by atoms with van der Waals surface area (Å²) < 4.78 is 1.99. The van der Waals surface area contributed by atoms with Crippen molar-refractivity contribution in [2.24, 2.45) is 13.0 Å². The number of aromatic nitrogens is 2. The maximum Gasteiger partial charge on any atom is 0.0625 e. The number of likely N-dealkylation sites (tertiary alicyclic amines) is 1. The van der Waals surface area contributed by atoms with Gasteiger partial charge in [-0.3, -0.25) is 9.58 Å². The smallest absolute Gasteiger partial charge is 0.0625 e. The van der Waals surface area contributed by atoms with Crippen molar-refractivity contribution in [3.8, 4) is 0 Å². The molecule has 2 rings (SSSR count). The van der Waals surface area contributed by atoms with E-state index in [1.165, 1.54) is 24.2 Å². The van der Waals surface area contributed by atoms with Crippen molar-refractivity contribution in [3.05, 3.63) is 17.5 Å². The largest absolute Gasteiger partial charge is 0.396 e. The summed E-state index contributed by atoms with van der Waals surface area (Å²) in [4.78, 5) is 2.43. The van der Waals surface area contributed by atoms with Crippen LogP contribution in [0.3, 0.4) is 0 Å². The molecule has 1 fully saturated rings. The second-order valence-electron chi connectivity index (χ2n) is 5.03. The molecule has 0 spiro atoms. The summed E-state index contributed by atoms with van der Waals surface area (Å²) in [7, 11) is 2.02. The first-order valence-corrected chi connectivity index (χ1v) is 6.58. The molecule has 1 aliphatic rings. The molecule has 1 unspecified atom stereocenters. The third-order valence-electron chi connectivity index (χ3n) is 3.64. The lowest BCUT2D eigenvalue weighted by atomic mass is 9.99. The Bertz CT molecular complexity index is 362. The average Bonchev–Trinajstić information content (AvgIpc) is 2.70. The van der Waals surface area contributed by atoms with E-state index >= 15 is 0 Å². The van der Waals surface area contributed by atoms with E-state index in [2.05, 4.69) is 23.0 Å². The van der Waals surface area contributed by atoms with Crippen LogP contribution in [0.2, 0.25) is 0 Å². The van der Waals surface area contributed by atoms with E-state index in [0.29, 0.717) is 12.5 Å². The summed E-state index contributed by atoms with van der Waals surface area (Å²) in [5, 5.41) is 13.7. The minimum atomic E-state index is 0.322. The van der Waals surface area contributed by atoms with Gasteiger partial charge in [0.1, 0.15) is 0 Å². The lowest BCUT2D eigenvalue weighted by Crippen LogP contribution is -2.36. The Morgan fingerprint density at radius 2 is 2.35 bits per heavy atom. The van der Waals surface area contributed by atoms with Gasteiger partial charge < -0.3 is 5.11 Å². The van der Waals surface area contributed by atoms with Crippen molar-refractivity contribution >= 4 is 0 Å². The fraction of sp³-hybridized carbons (Fsp3) is 0.769. The Hall–Kier alpha value is -0.870. The van der Waals surface area contributed by atoms with E-state index in [1.54, 1.807) is 0 Å². The van der Waals surface area contributed by atoms with E-state index in [0.717, 1.165) is 26.1 Å². The van der Waals surface area contributed by atoms with Crippen LogP contribution in [-0.4, -0.2) is 39.5 Å². The summed E-state index contributed by atoms with van der Waals surface area (Å²) in [5.41, 5.74) is 2.44. The van der Waals surface area contributed by atoms with Crippen molar-refractivity contribution in [3.63, 3.8) is 0 Å². The van der Waals surface area contributed by atoms with Gasteiger partial charge in [-0.2, -0.15) is 5.10 Å². The van der Waals surface area contributed by atoms with E-state index in [-0.39, 0.29) is 0 Å². The van der Waals surface area contributed by atoms with Crippen LogP contribution >= 0.6 is 0 Å². The first-order chi connectivity index (χ1) is 8.22. The van der Waals surface area contributed by atoms with Crippen LogP contribution in [0, 0.1) is 5.92 Å². The minimum absolute atomic E-state index is 0.322. The normalized spacial score (nSPS) is 21.9. The maximum atomic E-state index is 9.23. The van der Waals surface area contributed by atoms with Crippen LogP contribution in [0.4, 0.5) is 0 Å². The summed E-state index contributed by atoms with van der Waals surface area (Å²) in [5.74, 6) is 0.461. The monoisotopic (exact) mass is 237 g/mol. The zero-order valence-corrected chi connectivity index (χ0v) is 10.9. The van der Waals surface area contributed by atoms with Crippen LogP contribution in [-0.2, 0) is 20.0 Å². The summed E-state index contributed by atoms with van der Waals surface area (Å²) in [6.07, 6.45) is 3.36. The number of aliphatic hydroxyl groups is 1. The molecule has 0 amide bonds. The molecule has 1 aliphatic heterocycles. The highest BCUT2D eigenvalue weighted by molar-refractivity contribution is 5.10. The Morgan fingerprint density at radius 1 is 1.53 bits per heavy atom. The first kappa shape index (κ1) is 12.6. The van der Waals surface area contributed by atoms with Crippen LogP contribution in [0.15, 0.2) is 6.07 Å². The molecule has 1 atom stereocenters. The van der Waals surface area contributed by atoms with Gasteiger partial charge in [-0.05, 0) is 37.8 Å². The Labute approximate surface area is 103 Å². The predicted molar refractivity (Wildman–Crippen MR) is 67.7 cm³/mol. The van der Waals surface area contributed by atoms with Gasteiger partial charge in [0.2, 0.25) is 0 Å². The second kappa shape index (κ2) is 5.65. The van der Waals surface area contributed by atoms with Gasteiger partial charge in [-0.1, -0.05) is 6.92 Å². The molecule has 4 nitrogen and oxygen atoms in total. The van der Waals surface area contributed by atoms with Gasteiger partial charge >= 0.3 is 0 Å². The SMILES string of the molecule is CCc1cc(CN2CCCC(CO)C2)n(C)n1. The topological polar surface area (TPSA) is 41.3 Å². The summed E-state index contributed by atoms with van der Waals surface area (Å²) >= 11 is 0. The molecule has 17 heavy (non-hydrogen) atoms. The molecule has 4 heteroatoms. The van der Waals surface area contributed by atoms with E-state index in [4.69, 9.17) is 0 Å². The van der Waals surface area contributed by atoms with E-state index in [1.807, 2.05) is 11.7 Å². The van der Waals surface area contributed by atoms with Crippen LogP contribution in [0.25, 0.3) is 0 Å². The fourth-order valence-electron chi connectivity index (χ4n) is 2.57. The van der Waals surface area contributed by atoms with Crippen molar-refractivity contribution in [2.75, 3.05) is 19.7 Å². The molecule has 0 aromatic carbocycles. The van der Waals surface area contributed by atoms with Gasteiger partial charge in [-0.25, -0.2) is 0 Å². The maximum absolute atomic E-state index is 9.23. The minimum Gasteiger partial charge on any atom is -0.396 e. The van der Waals surface area contributed by atoms with Gasteiger partial charge in [0.25, 0.3) is 0 Å². The number of nitrogens with zero attached hydrogens (tertiary/aromatic N) is 3. The van der Waals surface area contributed by atoms with Crippen molar-refractivity contribution in [1.29, 1.82) is 0 Å². The molecule has 0 radical (unpaired) electrons. The second-order valence-corrected chi connectivity index (χ2v) is 5.03. The van der Waals surface area contributed by atoms with Crippen LogP contribution in [0.1, 0.15) is 31.2 Å². The standard InChI is InChI=1S/C13H23N3O/c1-3-12-7-13(15(2)14-12)9-16-6-4-5-11(8-16)10-17/h7,11,17H,3-6,8-10H2,1-2H3. The predicted octanol–water partition coefficient (Wildman–Crippen LogP) is 1.19. The molecule has 96 valence electrons.